The van der Waals surface area contributed by atoms with Gasteiger partial charge >= 0.3 is 6.09 Å². The van der Waals surface area contributed by atoms with Crippen LogP contribution in [0.15, 0.2) is 12.1 Å². The molecule has 0 aliphatic carbocycles. The van der Waals surface area contributed by atoms with Crippen molar-refractivity contribution in [3.8, 4) is 0 Å². The van der Waals surface area contributed by atoms with Crippen molar-refractivity contribution in [3.05, 3.63) is 23.5 Å². The molecule has 1 aliphatic heterocycles. The second-order valence-corrected chi connectivity index (χ2v) is 5.42. The van der Waals surface area contributed by atoms with Crippen LogP contribution >= 0.6 is 0 Å². The van der Waals surface area contributed by atoms with Crippen LogP contribution in [0.4, 0.5) is 4.79 Å². The third kappa shape index (κ3) is 2.55. The molecule has 0 aromatic carbocycles. The van der Waals surface area contributed by atoms with Crippen LogP contribution in [0.1, 0.15) is 37.0 Å². The largest absolute Gasteiger partial charge is 0.444 e. The maximum Gasteiger partial charge on any atom is 0.410 e. The number of rotatable bonds is 1. The average Bonchev–Trinajstić information content (AvgIpc) is 2.68. The van der Waals surface area contributed by atoms with Crippen molar-refractivity contribution in [1.29, 1.82) is 0 Å². The molecular formula is C13H18N2O3. The molecule has 0 atom stereocenters. The first kappa shape index (κ1) is 12.7. The van der Waals surface area contributed by atoms with Gasteiger partial charge in [0.25, 0.3) is 0 Å². The summed E-state index contributed by atoms with van der Waals surface area (Å²) >= 11 is 0. The zero-order valence-corrected chi connectivity index (χ0v) is 11.0. The molecule has 1 aliphatic rings. The third-order valence-corrected chi connectivity index (χ3v) is 2.82. The Morgan fingerprint density at radius 2 is 2.06 bits per heavy atom. The second-order valence-electron chi connectivity index (χ2n) is 5.42. The molecule has 0 radical (unpaired) electrons. The summed E-state index contributed by atoms with van der Waals surface area (Å²) < 4.78 is 7.27. The summed E-state index contributed by atoms with van der Waals surface area (Å²) in [6.45, 7) is 7.24. The van der Waals surface area contributed by atoms with Gasteiger partial charge < -0.3 is 14.2 Å². The average molecular weight is 250 g/mol. The van der Waals surface area contributed by atoms with Gasteiger partial charge in [0.15, 0.2) is 6.29 Å². The van der Waals surface area contributed by atoms with Crippen molar-refractivity contribution in [1.82, 2.24) is 9.47 Å². The van der Waals surface area contributed by atoms with E-state index in [9.17, 15) is 9.59 Å². The lowest BCUT2D eigenvalue weighted by molar-refractivity contribution is 0.0199. The second kappa shape index (κ2) is 4.48. The van der Waals surface area contributed by atoms with Crippen LogP contribution in [-0.2, 0) is 17.8 Å². The third-order valence-electron chi connectivity index (χ3n) is 2.82. The van der Waals surface area contributed by atoms with E-state index in [0.717, 1.165) is 12.0 Å². The Labute approximate surface area is 106 Å². The topological polar surface area (TPSA) is 51.5 Å². The highest BCUT2D eigenvalue weighted by Gasteiger charge is 2.26. The van der Waals surface area contributed by atoms with Crippen LogP contribution in [0.3, 0.4) is 0 Å². The number of fused-ring (bicyclic) bond motifs is 1. The molecular weight excluding hydrogens is 232 g/mol. The molecule has 0 bridgehead atoms. The van der Waals surface area contributed by atoms with E-state index in [-0.39, 0.29) is 6.09 Å². The fourth-order valence-electron chi connectivity index (χ4n) is 2.02. The molecule has 5 nitrogen and oxygen atoms in total. The summed E-state index contributed by atoms with van der Waals surface area (Å²) in [7, 11) is 0. The summed E-state index contributed by atoms with van der Waals surface area (Å²) in [4.78, 5) is 24.4. The normalized spacial score (nSPS) is 15.2. The Balaban J connectivity index is 2.08. The minimum Gasteiger partial charge on any atom is -0.444 e. The minimum absolute atomic E-state index is 0.303. The van der Waals surface area contributed by atoms with Gasteiger partial charge in [-0.1, -0.05) is 0 Å². The van der Waals surface area contributed by atoms with Gasteiger partial charge in [0.1, 0.15) is 5.60 Å². The van der Waals surface area contributed by atoms with E-state index >= 15 is 0 Å². The van der Waals surface area contributed by atoms with Crippen molar-refractivity contribution in [2.45, 2.75) is 39.5 Å². The van der Waals surface area contributed by atoms with Crippen LogP contribution in [0.5, 0.6) is 0 Å². The van der Waals surface area contributed by atoms with E-state index in [4.69, 9.17) is 4.74 Å². The number of nitrogens with zero attached hydrogens (tertiary/aromatic N) is 2. The molecule has 0 unspecified atom stereocenters. The Hall–Kier alpha value is -1.78. The molecule has 1 amide bonds. The van der Waals surface area contributed by atoms with Crippen molar-refractivity contribution >= 4 is 12.4 Å². The van der Waals surface area contributed by atoms with Crippen LogP contribution in [0.25, 0.3) is 0 Å². The lowest BCUT2D eigenvalue weighted by atomic mass is 10.2. The molecule has 0 saturated heterocycles. The molecule has 0 N–H and O–H groups in total. The van der Waals surface area contributed by atoms with Crippen LogP contribution in [0, 0.1) is 0 Å². The Morgan fingerprint density at radius 3 is 2.67 bits per heavy atom. The summed E-state index contributed by atoms with van der Waals surface area (Å²) in [5.41, 5.74) is 1.15. The Bertz CT molecular complexity index is 471. The number of hydrogen-bond acceptors (Lipinski definition) is 3. The number of aldehydes is 1. The van der Waals surface area contributed by atoms with E-state index < -0.39 is 5.60 Å². The summed E-state index contributed by atoms with van der Waals surface area (Å²) in [6, 6.07) is 3.65. The summed E-state index contributed by atoms with van der Waals surface area (Å²) in [6.07, 6.45) is 0.537. The van der Waals surface area contributed by atoms with Crippen LogP contribution in [-0.4, -0.2) is 34.0 Å². The highest BCUT2D eigenvalue weighted by Crippen LogP contribution is 2.18. The smallest absolute Gasteiger partial charge is 0.410 e. The Morgan fingerprint density at radius 1 is 1.33 bits per heavy atom. The Kier molecular flexibility index (Phi) is 3.15. The molecule has 18 heavy (non-hydrogen) atoms. The number of carbonyl (C=O) groups is 2. The molecule has 1 aromatic heterocycles. The van der Waals surface area contributed by atoms with Crippen molar-refractivity contribution < 1.29 is 14.3 Å². The first-order valence-corrected chi connectivity index (χ1v) is 6.02. The fourth-order valence-corrected chi connectivity index (χ4v) is 2.02. The standard InChI is InChI=1S/C13H18N2O3/c1-13(2,3)18-12(17)14-6-7-15-10(8-14)4-5-11(15)9-16/h4-5,9H,6-8H2,1-3H3. The van der Waals surface area contributed by atoms with E-state index in [1.165, 1.54) is 0 Å². The van der Waals surface area contributed by atoms with Crippen molar-refractivity contribution in [3.63, 3.8) is 0 Å². The van der Waals surface area contributed by atoms with E-state index in [1.54, 1.807) is 11.0 Å². The van der Waals surface area contributed by atoms with Gasteiger partial charge in [-0.25, -0.2) is 4.79 Å². The van der Waals surface area contributed by atoms with E-state index in [0.29, 0.717) is 25.3 Å². The van der Waals surface area contributed by atoms with E-state index in [1.807, 2.05) is 31.4 Å². The summed E-state index contributed by atoms with van der Waals surface area (Å²) in [5.74, 6) is 0. The highest BCUT2D eigenvalue weighted by atomic mass is 16.6. The zero-order valence-electron chi connectivity index (χ0n) is 11.0. The fraction of sp³-hybridized carbons (Fsp3) is 0.538. The van der Waals surface area contributed by atoms with Gasteiger partial charge in [-0.3, -0.25) is 4.79 Å². The number of hydrogen-bond donors (Lipinski definition) is 0. The lowest BCUT2D eigenvalue weighted by Crippen LogP contribution is -2.41. The zero-order chi connectivity index (χ0) is 13.3. The molecule has 2 rings (SSSR count). The monoisotopic (exact) mass is 250 g/mol. The lowest BCUT2D eigenvalue weighted by Gasteiger charge is -2.31. The number of ether oxygens (including phenoxy) is 1. The van der Waals surface area contributed by atoms with Crippen molar-refractivity contribution in [2.24, 2.45) is 0 Å². The number of aromatic nitrogens is 1. The predicted octanol–water partition coefficient (Wildman–Crippen LogP) is 2.05. The molecule has 2 heterocycles. The van der Waals surface area contributed by atoms with E-state index in [2.05, 4.69) is 0 Å². The minimum atomic E-state index is -0.482. The highest BCUT2D eigenvalue weighted by molar-refractivity contribution is 5.73. The van der Waals surface area contributed by atoms with Gasteiger partial charge in [0.2, 0.25) is 0 Å². The summed E-state index contributed by atoms with van der Waals surface area (Å²) in [5, 5.41) is 0. The number of amides is 1. The first-order chi connectivity index (χ1) is 8.40. The van der Waals surface area contributed by atoms with Gasteiger partial charge in [-0.05, 0) is 32.9 Å². The quantitative estimate of drug-likeness (QED) is 0.717. The molecule has 0 saturated carbocycles. The molecule has 5 heteroatoms. The van der Waals surface area contributed by atoms with Crippen LogP contribution < -0.4 is 0 Å². The van der Waals surface area contributed by atoms with Gasteiger partial charge in [-0.2, -0.15) is 0 Å². The molecule has 0 spiro atoms. The van der Waals surface area contributed by atoms with Crippen LogP contribution in [0.2, 0.25) is 0 Å². The van der Waals surface area contributed by atoms with Gasteiger partial charge in [0.05, 0.1) is 12.2 Å². The molecule has 0 fully saturated rings. The number of carbonyl (C=O) groups excluding carboxylic acids is 2. The van der Waals surface area contributed by atoms with Gasteiger partial charge in [-0.15, -0.1) is 0 Å². The molecule has 1 aromatic rings. The van der Waals surface area contributed by atoms with Crippen molar-refractivity contribution in [2.75, 3.05) is 6.54 Å². The predicted molar refractivity (Wildman–Crippen MR) is 66.5 cm³/mol. The first-order valence-electron chi connectivity index (χ1n) is 6.02. The SMILES string of the molecule is CC(C)(C)OC(=O)N1CCn2c(C=O)ccc2C1. The molecule has 98 valence electrons. The van der Waals surface area contributed by atoms with Gasteiger partial charge in [0, 0.05) is 18.8 Å². The maximum atomic E-state index is 11.9. The maximum absolute atomic E-state index is 11.9.